The van der Waals surface area contributed by atoms with E-state index in [-0.39, 0.29) is 0 Å². The van der Waals surface area contributed by atoms with Gasteiger partial charge in [-0.1, -0.05) is 53.1 Å². The molecule has 5 heteroatoms. The van der Waals surface area contributed by atoms with Gasteiger partial charge >= 0.3 is 0 Å². The third kappa shape index (κ3) is 3.90. The SMILES string of the molecule is CC(C)CC1CSC(Nc2cc(Br)ccc2Cl)=N1. The van der Waals surface area contributed by atoms with Crippen LogP contribution in [0.15, 0.2) is 27.7 Å². The molecule has 1 N–H and O–H groups in total. The van der Waals surface area contributed by atoms with Crippen molar-refractivity contribution in [2.75, 3.05) is 11.1 Å². The normalized spacial score (nSPS) is 19.2. The molecule has 0 aromatic heterocycles. The minimum absolute atomic E-state index is 0.434. The van der Waals surface area contributed by atoms with Crippen LogP contribution in [0.25, 0.3) is 0 Å². The van der Waals surface area contributed by atoms with E-state index in [0.29, 0.717) is 17.0 Å². The number of hydrogen-bond acceptors (Lipinski definition) is 3. The van der Waals surface area contributed by atoms with Crippen LogP contribution in [0, 0.1) is 5.92 Å². The second-order valence-corrected chi connectivity index (χ2v) is 7.11. The van der Waals surface area contributed by atoms with E-state index in [1.807, 2.05) is 18.2 Å². The van der Waals surface area contributed by atoms with Crippen molar-refractivity contribution in [3.8, 4) is 0 Å². The van der Waals surface area contributed by atoms with Crippen LogP contribution < -0.4 is 5.32 Å². The highest BCUT2D eigenvalue weighted by molar-refractivity contribution is 9.10. The third-order valence-electron chi connectivity index (χ3n) is 2.63. The van der Waals surface area contributed by atoms with Crippen LogP contribution in [0.5, 0.6) is 0 Å². The zero-order valence-electron chi connectivity index (χ0n) is 10.4. The van der Waals surface area contributed by atoms with Crippen LogP contribution in [-0.2, 0) is 0 Å². The fourth-order valence-electron chi connectivity index (χ4n) is 1.86. The van der Waals surface area contributed by atoms with Gasteiger partial charge in [0.2, 0.25) is 0 Å². The van der Waals surface area contributed by atoms with Crippen molar-refractivity contribution < 1.29 is 0 Å². The molecule has 0 amide bonds. The number of amidine groups is 1. The van der Waals surface area contributed by atoms with Gasteiger partial charge in [-0.3, -0.25) is 4.99 Å². The highest BCUT2D eigenvalue weighted by Crippen LogP contribution is 2.29. The standard InChI is InChI=1S/C13H16BrClN2S/c1-8(2)5-10-7-18-13(16-10)17-12-6-9(14)3-4-11(12)15/h3-4,6,8,10H,5,7H2,1-2H3,(H,16,17). The maximum atomic E-state index is 6.15. The van der Waals surface area contributed by atoms with E-state index in [1.165, 1.54) is 0 Å². The Morgan fingerprint density at radius 1 is 1.56 bits per heavy atom. The summed E-state index contributed by atoms with van der Waals surface area (Å²) in [5.41, 5.74) is 0.905. The number of nitrogens with zero attached hydrogens (tertiary/aromatic N) is 1. The van der Waals surface area contributed by atoms with E-state index in [4.69, 9.17) is 11.6 Å². The Balaban J connectivity index is 2.04. The van der Waals surface area contributed by atoms with E-state index in [0.717, 1.165) is 27.5 Å². The van der Waals surface area contributed by atoms with E-state index in [1.54, 1.807) is 11.8 Å². The maximum absolute atomic E-state index is 6.15. The van der Waals surface area contributed by atoms with Crippen molar-refractivity contribution in [3.05, 3.63) is 27.7 Å². The number of thioether (sulfide) groups is 1. The molecule has 0 radical (unpaired) electrons. The first-order valence-electron chi connectivity index (χ1n) is 5.97. The quantitative estimate of drug-likeness (QED) is 0.829. The molecule has 98 valence electrons. The summed E-state index contributed by atoms with van der Waals surface area (Å²) in [5, 5.41) is 4.99. The first-order valence-corrected chi connectivity index (χ1v) is 8.13. The summed E-state index contributed by atoms with van der Waals surface area (Å²) in [4.78, 5) is 4.69. The molecule has 1 atom stereocenters. The number of anilines is 1. The second-order valence-electron chi connectivity index (χ2n) is 4.78. The molecular formula is C13H16BrClN2S. The minimum Gasteiger partial charge on any atom is -0.334 e. The Morgan fingerprint density at radius 3 is 3.06 bits per heavy atom. The largest absolute Gasteiger partial charge is 0.334 e. The minimum atomic E-state index is 0.434. The predicted molar refractivity (Wildman–Crippen MR) is 85.9 cm³/mol. The number of halogens is 2. The molecule has 1 heterocycles. The molecule has 1 unspecified atom stereocenters. The van der Waals surface area contributed by atoms with Gasteiger partial charge in [-0.05, 0) is 30.5 Å². The molecule has 2 nitrogen and oxygen atoms in total. The summed E-state index contributed by atoms with van der Waals surface area (Å²) in [6, 6.07) is 6.21. The van der Waals surface area contributed by atoms with Crippen molar-refractivity contribution >= 4 is 50.1 Å². The van der Waals surface area contributed by atoms with Crippen LogP contribution >= 0.6 is 39.3 Å². The fraction of sp³-hybridized carbons (Fsp3) is 0.462. The average Bonchev–Trinajstić information content (AvgIpc) is 2.70. The fourth-order valence-corrected chi connectivity index (χ4v) is 3.35. The summed E-state index contributed by atoms with van der Waals surface area (Å²) < 4.78 is 1.01. The monoisotopic (exact) mass is 346 g/mol. The van der Waals surface area contributed by atoms with Gasteiger partial charge in [0.05, 0.1) is 16.8 Å². The lowest BCUT2D eigenvalue weighted by Crippen LogP contribution is -2.08. The number of hydrogen-bond donors (Lipinski definition) is 1. The summed E-state index contributed by atoms with van der Waals surface area (Å²) in [6.07, 6.45) is 1.14. The molecule has 18 heavy (non-hydrogen) atoms. The molecule has 0 saturated carbocycles. The van der Waals surface area contributed by atoms with Crippen molar-refractivity contribution in [1.29, 1.82) is 0 Å². The van der Waals surface area contributed by atoms with Crippen molar-refractivity contribution in [3.63, 3.8) is 0 Å². The van der Waals surface area contributed by atoms with Gasteiger partial charge in [0.25, 0.3) is 0 Å². The summed E-state index contributed by atoms with van der Waals surface area (Å²) >= 11 is 11.4. The van der Waals surface area contributed by atoms with E-state index >= 15 is 0 Å². The lowest BCUT2D eigenvalue weighted by molar-refractivity contribution is 0.529. The van der Waals surface area contributed by atoms with E-state index in [9.17, 15) is 0 Å². The molecular weight excluding hydrogens is 332 g/mol. The Hall–Kier alpha value is -0.190. The Kier molecular flexibility index (Phi) is 4.98. The zero-order valence-corrected chi connectivity index (χ0v) is 13.6. The second kappa shape index (κ2) is 6.31. The molecule has 1 aliphatic heterocycles. The van der Waals surface area contributed by atoms with Gasteiger partial charge in [0.1, 0.15) is 0 Å². The highest BCUT2D eigenvalue weighted by Gasteiger charge is 2.19. The third-order valence-corrected chi connectivity index (χ3v) is 4.48. The smallest absolute Gasteiger partial charge is 0.161 e. The van der Waals surface area contributed by atoms with E-state index in [2.05, 4.69) is 40.1 Å². The van der Waals surface area contributed by atoms with Gasteiger partial charge in [-0.2, -0.15) is 0 Å². The first kappa shape index (κ1) is 14.2. The van der Waals surface area contributed by atoms with Gasteiger partial charge in [-0.15, -0.1) is 0 Å². The predicted octanol–water partition coefficient (Wildman–Crippen LogP) is 5.03. The number of nitrogens with one attached hydrogen (secondary N) is 1. The van der Waals surface area contributed by atoms with Gasteiger partial charge in [0.15, 0.2) is 5.17 Å². The van der Waals surface area contributed by atoms with Crippen LogP contribution in [0.3, 0.4) is 0 Å². The molecule has 0 fully saturated rings. The van der Waals surface area contributed by atoms with Gasteiger partial charge < -0.3 is 5.32 Å². The molecule has 1 aromatic carbocycles. The van der Waals surface area contributed by atoms with Crippen LogP contribution in [-0.4, -0.2) is 17.0 Å². The van der Waals surface area contributed by atoms with Crippen molar-refractivity contribution in [1.82, 2.24) is 0 Å². The number of rotatable bonds is 3. The molecule has 1 aliphatic rings. The Morgan fingerprint density at radius 2 is 2.33 bits per heavy atom. The van der Waals surface area contributed by atoms with Crippen molar-refractivity contribution in [2.24, 2.45) is 10.9 Å². The Bertz CT molecular complexity index is 462. The van der Waals surface area contributed by atoms with Crippen LogP contribution in [0.2, 0.25) is 5.02 Å². The number of aliphatic imine (C=N–C) groups is 1. The van der Waals surface area contributed by atoms with Gasteiger partial charge in [0, 0.05) is 10.2 Å². The Labute approximate surface area is 126 Å². The van der Waals surface area contributed by atoms with Crippen LogP contribution in [0.4, 0.5) is 5.69 Å². The molecule has 2 rings (SSSR count). The summed E-state index contributed by atoms with van der Waals surface area (Å²) in [6.45, 7) is 4.47. The number of benzene rings is 1. The summed E-state index contributed by atoms with van der Waals surface area (Å²) in [7, 11) is 0. The molecule has 1 aromatic rings. The first-order chi connectivity index (χ1) is 8.54. The molecule has 0 spiro atoms. The van der Waals surface area contributed by atoms with Crippen LogP contribution in [0.1, 0.15) is 20.3 Å². The van der Waals surface area contributed by atoms with Crippen molar-refractivity contribution in [2.45, 2.75) is 26.3 Å². The maximum Gasteiger partial charge on any atom is 0.161 e. The average molecular weight is 348 g/mol. The van der Waals surface area contributed by atoms with E-state index < -0.39 is 0 Å². The lowest BCUT2D eigenvalue weighted by Gasteiger charge is -2.08. The highest BCUT2D eigenvalue weighted by atomic mass is 79.9. The molecule has 0 saturated heterocycles. The topological polar surface area (TPSA) is 24.4 Å². The molecule has 0 bridgehead atoms. The molecule has 0 aliphatic carbocycles. The zero-order chi connectivity index (χ0) is 13.1. The summed E-state index contributed by atoms with van der Waals surface area (Å²) in [5.74, 6) is 1.75. The lowest BCUT2D eigenvalue weighted by atomic mass is 10.1. The van der Waals surface area contributed by atoms with Gasteiger partial charge in [-0.25, -0.2) is 0 Å².